The summed E-state index contributed by atoms with van der Waals surface area (Å²) in [5.41, 5.74) is 2.77. The van der Waals surface area contributed by atoms with Crippen LogP contribution in [-0.4, -0.2) is 5.25 Å². The van der Waals surface area contributed by atoms with Crippen LogP contribution in [0.25, 0.3) is 0 Å². The highest BCUT2D eigenvalue weighted by molar-refractivity contribution is 9.10. The van der Waals surface area contributed by atoms with E-state index < -0.39 is 0 Å². The Morgan fingerprint density at radius 1 is 1.29 bits per heavy atom. The quantitative estimate of drug-likeness (QED) is 0.641. The summed E-state index contributed by atoms with van der Waals surface area (Å²) in [6.07, 6.45) is 2.60. The molecule has 0 aromatic heterocycles. The summed E-state index contributed by atoms with van der Waals surface area (Å²) in [6, 6.07) is 8.78. The lowest BCUT2D eigenvalue weighted by Gasteiger charge is -2.35. The van der Waals surface area contributed by atoms with E-state index in [1.165, 1.54) is 24.0 Å². The molecule has 1 aromatic rings. The van der Waals surface area contributed by atoms with Crippen LogP contribution in [0.1, 0.15) is 37.5 Å². The van der Waals surface area contributed by atoms with Crippen LogP contribution < -0.4 is 0 Å². The lowest BCUT2D eigenvalue weighted by Crippen LogP contribution is -2.20. The molecular formula is C15H19BrS. The van der Waals surface area contributed by atoms with Gasteiger partial charge in [-0.25, -0.2) is 0 Å². The number of halogens is 1. The standard InChI is InChI=1S/C15H19BrS/c1-10(2)14-9-4-11(3)17-15(14)12-5-7-13(16)8-6-12/h5-8,11,14-15H,1,4,9H2,2-3H3/t11-,14+,15+/m1/s1. The first-order chi connectivity index (χ1) is 8.08. The summed E-state index contributed by atoms with van der Waals surface area (Å²) in [6.45, 7) is 8.69. The third kappa shape index (κ3) is 3.17. The number of benzene rings is 1. The second-order valence-electron chi connectivity index (χ2n) is 4.95. The van der Waals surface area contributed by atoms with Crippen LogP contribution in [-0.2, 0) is 0 Å². The fourth-order valence-corrected chi connectivity index (χ4v) is 4.36. The van der Waals surface area contributed by atoms with Gasteiger partial charge in [-0.15, -0.1) is 0 Å². The van der Waals surface area contributed by atoms with Gasteiger partial charge in [0.1, 0.15) is 0 Å². The fraction of sp³-hybridized carbons (Fsp3) is 0.467. The molecule has 0 spiro atoms. The summed E-state index contributed by atoms with van der Waals surface area (Å²) in [7, 11) is 0. The molecule has 0 saturated carbocycles. The van der Waals surface area contributed by atoms with Crippen LogP contribution in [0.2, 0.25) is 0 Å². The molecule has 0 unspecified atom stereocenters. The number of hydrogen-bond acceptors (Lipinski definition) is 1. The van der Waals surface area contributed by atoms with E-state index in [1.54, 1.807) is 0 Å². The monoisotopic (exact) mass is 310 g/mol. The summed E-state index contributed by atoms with van der Waals surface area (Å²) >= 11 is 5.61. The Balaban J connectivity index is 2.25. The molecule has 2 rings (SSSR count). The van der Waals surface area contributed by atoms with E-state index in [4.69, 9.17) is 0 Å². The molecule has 0 nitrogen and oxygen atoms in total. The molecule has 0 amide bonds. The van der Waals surface area contributed by atoms with E-state index in [2.05, 4.69) is 72.4 Å². The zero-order chi connectivity index (χ0) is 12.4. The highest BCUT2D eigenvalue weighted by Crippen LogP contribution is 2.48. The molecule has 1 aliphatic rings. The number of allylic oxidation sites excluding steroid dienone is 1. The molecule has 1 saturated heterocycles. The van der Waals surface area contributed by atoms with Crippen LogP contribution in [0, 0.1) is 5.92 Å². The molecule has 1 aromatic carbocycles. The number of rotatable bonds is 2. The Morgan fingerprint density at radius 3 is 2.53 bits per heavy atom. The van der Waals surface area contributed by atoms with Gasteiger partial charge in [0.25, 0.3) is 0 Å². The van der Waals surface area contributed by atoms with Crippen molar-refractivity contribution in [1.82, 2.24) is 0 Å². The van der Waals surface area contributed by atoms with Crippen LogP contribution in [0.15, 0.2) is 40.9 Å². The Kier molecular flexibility index (Phi) is 4.37. The largest absolute Gasteiger partial charge is 0.150 e. The molecule has 17 heavy (non-hydrogen) atoms. The molecule has 0 bridgehead atoms. The molecule has 1 fully saturated rings. The topological polar surface area (TPSA) is 0 Å². The molecular weight excluding hydrogens is 292 g/mol. The molecule has 0 radical (unpaired) electrons. The zero-order valence-corrected chi connectivity index (χ0v) is 12.9. The van der Waals surface area contributed by atoms with Crippen molar-refractivity contribution < 1.29 is 0 Å². The molecule has 92 valence electrons. The van der Waals surface area contributed by atoms with E-state index in [-0.39, 0.29) is 0 Å². The SMILES string of the molecule is C=C(C)[C@@H]1CC[C@@H](C)S[C@H]1c1ccc(Br)cc1. The Bertz CT molecular complexity index is 396. The van der Waals surface area contributed by atoms with Gasteiger partial charge < -0.3 is 0 Å². The molecule has 2 heteroatoms. The van der Waals surface area contributed by atoms with Crippen molar-refractivity contribution in [2.75, 3.05) is 0 Å². The highest BCUT2D eigenvalue weighted by Gasteiger charge is 2.30. The molecule has 3 atom stereocenters. The maximum atomic E-state index is 4.17. The van der Waals surface area contributed by atoms with E-state index in [0.717, 1.165) is 9.72 Å². The van der Waals surface area contributed by atoms with Crippen molar-refractivity contribution in [2.24, 2.45) is 5.92 Å². The molecule has 1 heterocycles. The van der Waals surface area contributed by atoms with E-state index >= 15 is 0 Å². The van der Waals surface area contributed by atoms with Gasteiger partial charge in [0, 0.05) is 15.0 Å². The normalized spacial score (nSPS) is 29.0. The van der Waals surface area contributed by atoms with Crippen molar-refractivity contribution in [1.29, 1.82) is 0 Å². The first-order valence-electron chi connectivity index (χ1n) is 6.14. The summed E-state index contributed by atoms with van der Waals surface area (Å²) in [5.74, 6) is 0.636. The third-order valence-corrected chi connectivity index (χ3v) is 5.58. The first-order valence-corrected chi connectivity index (χ1v) is 7.88. The van der Waals surface area contributed by atoms with Gasteiger partial charge in [-0.1, -0.05) is 47.1 Å². The van der Waals surface area contributed by atoms with Crippen LogP contribution in [0.4, 0.5) is 0 Å². The Hall–Kier alpha value is -0.210. The predicted octanol–water partition coefficient (Wildman–Crippen LogP) is 5.60. The average molecular weight is 311 g/mol. The summed E-state index contributed by atoms with van der Waals surface area (Å²) in [4.78, 5) is 0. The van der Waals surface area contributed by atoms with Gasteiger partial charge in [0.05, 0.1) is 0 Å². The van der Waals surface area contributed by atoms with Gasteiger partial charge in [0.2, 0.25) is 0 Å². The van der Waals surface area contributed by atoms with Gasteiger partial charge in [0.15, 0.2) is 0 Å². The van der Waals surface area contributed by atoms with Crippen LogP contribution in [0.3, 0.4) is 0 Å². The Morgan fingerprint density at radius 2 is 1.94 bits per heavy atom. The van der Waals surface area contributed by atoms with Crippen LogP contribution >= 0.6 is 27.7 Å². The maximum absolute atomic E-state index is 4.17. The minimum Gasteiger partial charge on any atom is -0.150 e. The summed E-state index contributed by atoms with van der Waals surface area (Å²) in [5, 5.41) is 1.35. The number of hydrogen-bond donors (Lipinski definition) is 0. The second-order valence-corrected chi connectivity index (χ2v) is 7.45. The third-order valence-electron chi connectivity index (χ3n) is 3.46. The molecule has 1 aliphatic heterocycles. The zero-order valence-electron chi connectivity index (χ0n) is 10.4. The van der Waals surface area contributed by atoms with E-state index in [1.807, 2.05) is 0 Å². The van der Waals surface area contributed by atoms with Gasteiger partial charge in [-0.05, 0) is 43.4 Å². The van der Waals surface area contributed by atoms with Gasteiger partial charge in [-0.2, -0.15) is 11.8 Å². The van der Waals surface area contributed by atoms with Crippen molar-refractivity contribution >= 4 is 27.7 Å². The highest BCUT2D eigenvalue weighted by atomic mass is 79.9. The fourth-order valence-electron chi connectivity index (χ4n) is 2.45. The van der Waals surface area contributed by atoms with Gasteiger partial charge in [-0.3, -0.25) is 0 Å². The van der Waals surface area contributed by atoms with Gasteiger partial charge >= 0.3 is 0 Å². The minimum absolute atomic E-state index is 0.587. The van der Waals surface area contributed by atoms with Crippen molar-refractivity contribution in [3.05, 3.63) is 46.5 Å². The second kappa shape index (κ2) is 5.62. The van der Waals surface area contributed by atoms with E-state index in [9.17, 15) is 0 Å². The first kappa shape index (κ1) is 13.2. The number of thioether (sulfide) groups is 1. The lowest BCUT2D eigenvalue weighted by molar-refractivity contribution is 0.500. The van der Waals surface area contributed by atoms with Crippen LogP contribution in [0.5, 0.6) is 0 Å². The smallest absolute Gasteiger partial charge is 0.0365 e. The lowest BCUT2D eigenvalue weighted by atomic mass is 9.88. The Labute approximate surface area is 117 Å². The van der Waals surface area contributed by atoms with Crippen molar-refractivity contribution in [3.63, 3.8) is 0 Å². The maximum Gasteiger partial charge on any atom is 0.0365 e. The average Bonchev–Trinajstić information content (AvgIpc) is 2.29. The van der Waals surface area contributed by atoms with Crippen molar-refractivity contribution in [3.8, 4) is 0 Å². The molecule has 0 aliphatic carbocycles. The molecule has 0 N–H and O–H groups in total. The van der Waals surface area contributed by atoms with Crippen molar-refractivity contribution in [2.45, 2.75) is 37.2 Å². The van der Waals surface area contributed by atoms with E-state index in [0.29, 0.717) is 11.2 Å². The summed E-state index contributed by atoms with van der Waals surface area (Å²) < 4.78 is 1.15. The predicted molar refractivity (Wildman–Crippen MR) is 81.5 cm³/mol. The minimum atomic E-state index is 0.587.